The summed E-state index contributed by atoms with van der Waals surface area (Å²) in [6.45, 7) is 5.73. The number of thiol groups is 1. The fraction of sp³-hybridized carbons (Fsp3) is 0.533. The second-order valence-corrected chi connectivity index (χ2v) is 5.66. The van der Waals surface area contributed by atoms with Crippen LogP contribution < -0.4 is 0 Å². The van der Waals surface area contributed by atoms with Gasteiger partial charge in [0.1, 0.15) is 0 Å². The fourth-order valence-corrected chi connectivity index (χ4v) is 2.56. The summed E-state index contributed by atoms with van der Waals surface area (Å²) < 4.78 is 0. The van der Waals surface area contributed by atoms with Crippen LogP contribution in [0.3, 0.4) is 0 Å². The molecular weight excluding hydrogens is 242 g/mol. The highest BCUT2D eigenvalue weighted by Crippen LogP contribution is 2.27. The summed E-state index contributed by atoms with van der Waals surface area (Å²) in [4.78, 5) is 15.3. The summed E-state index contributed by atoms with van der Waals surface area (Å²) in [7, 11) is 0. The Kier molecular flexibility index (Phi) is 4.33. The van der Waals surface area contributed by atoms with E-state index < -0.39 is 0 Å². The largest absolute Gasteiger partial charge is 0.339 e. The lowest BCUT2D eigenvalue weighted by atomic mass is 9.85. The normalized spacial score (nSPS) is 15.3. The van der Waals surface area contributed by atoms with Crippen LogP contribution in [0.5, 0.6) is 0 Å². The Morgan fingerprint density at radius 3 is 2.72 bits per heavy atom. The van der Waals surface area contributed by atoms with Gasteiger partial charge in [0.2, 0.25) is 0 Å². The van der Waals surface area contributed by atoms with E-state index in [0.717, 1.165) is 29.1 Å². The maximum Gasteiger partial charge on any atom is 0.254 e. The van der Waals surface area contributed by atoms with Crippen molar-refractivity contribution >= 4 is 18.5 Å². The van der Waals surface area contributed by atoms with Crippen molar-refractivity contribution in [3.8, 4) is 0 Å². The number of aryl methyl sites for hydroxylation is 1. The highest BCUT2D eigenvalue weighted by molar-refractivity contribution is 7.80. The van der Waals surface area contributed by atoms with Gasteiger partial charge in [-0.05, 0) is 50.3 Å². The van der Waals surface area contributed by atoms with Crippen LogP contribution in [0, 0.1) is 12.8 Å². The first kappa shape index (κ1) is 13.5. The molecule has 18 heavy (non-hydrogen) atoms. The highest BCUT2D eigenvalue weighted by Gasteiger charge is 2.24. The number of benzene rings is 1. The van der Waals surface area contributed by atoms with Crippen molar-refractivity contribution in [2.45, 2.75) is 38.0 Å². The zero-order valence-electron chi connectivity index (χ0n) is 11.1. The van der Waals surface area contributed by atoms with Crippen LogP contribution in [0.15, 0.2) is 23.1 Å². The fourth-order valence-electron chi connectivity index (χ4n) is 2.35. The maximum atomic E-state index is 12.5. The molecule has 0 radical (unpaired) electrons. The number of hydrogen-bond acceptors (Lipinski definition) is 2. The summed E-state index contributed by atoms with van der Waals surface area (Å²) in [5.41, 5.74) is 1.83. The van der Waals surface area contributed by atoms with Crippen LogP contribution in [0.4, 0.5) is 0 Å². The van der Waals surface area contributed by atoms with E-state index in [-0.39, 0.29) is 5.91 Å². The molecule has 0 aromatic heterocycles. The number of carbonyl (C=O) groups excluding carboxylic acids is 1. The molecule has 0 bridgehead atoms. The minimum atomic E-state index is 0.151. The molecule has 1 aromatic carbocycles. The van der Waals surface area contributed by atoms with E-state index in [0.29, 0.717) is 5.92 Å². The van der Waals surface area contributed by atoms with E-state index >= 15 is 0 Å². The standard InChI is InChI=1S/C15H21NOS/c1-3-16(10-12-5-4-6-12)15(17)14-9-13(18)8-7-11(14)2/h7-9,12,18H,3-6,10H2,1-2H3. The summed E-state index contributed by atoms with van der Waals surface area (Å²) in [5.74, 6) is 0.867. The molecule has 2 rings (SSSR count). The van der Waals surface area contributed by atoms with E-state index in [2.05, 4.69) is 19.6 Å². The Labute approximate surface area is 115 Å². The smallest absolute Gasteiger partial charge is 0.254 e. The Hall–Kier alpha value is -0.960. The average Bonchev–Trinajstić information content (AvgIpc) is 2.30. The molecule has 0 N–H and O–H groups in total. The molecule has 1 fully saturated rings. The molecule has 0 unspecified atom stereocenters. The SMILES string of the molecule is CCN(CC1CCC1)C(=O)c1cc(S)ccc1C. The molecular formula is C15H21NOS. The molecule has 0 saturated heterocycles. The van der Waals surface area contributed by atoms with Gasteiger partial charge in [0.25, 0.3) is 5.91 Å². The van der Waals surface area contributed by atoms with Gasteiger partial charge in [-0.25, -0.2) is 0 Å². The zero-order chi connectivity index (χ0) is 13.1. The predicted molar refractivity (Wildman–Crippen MR) is 77.3 cm³/mol. The topological polar surface area (TPSA) is 20.3 Å². The average molecular weight is 263 g/mol. The third-order valence-electron chi connectivity index (χ3n) is 3.82. The summed E-state index contributed by atoms with van der Waals surface area (Å²) >= 11 is 4.32. The second-order valence-electron chi connectivity index (χ2n) is 5.14. The highest BCUT2D eigenvalue weighted by atomic mass is 32.1. The van der Waals surface area contributed by atoms with Gasteiger partial charge in [0.15, 0.2) is 0 Å². The van der Waals surface area contributed by atoms with Crippen molar-refractivity contribution in [1.82, 2.24) is 4.90 Å². The Morgan fingerprint density at radius 1 is 1.44 bits per heavy atom. The third kappa shape index (κ3) is 2.89. The molecule has 3 heteroatoms. The molecule has 1 saturated carbocycles. The molecule has 2 nitrogen and oxygen atoms in total. The van der Waals surface area contributed by atoms with Crippen molar-refractivity contribution in [1.29, 1.82) is 0 Å². The first-order valence-corrected chi connectivity index (χ1v) is 7.15. The molecule has 0 atom stereocenters. The van der Waals surface area contributed by atoms with Gasteiger partial charge in [-0.15, -0.1) is 12.6 Å². The van der Waals surface area contributed by atoms with Gasteiger partial charge >= 0.3 is 0 Å². The number of amides is 1. The van der Waals surface area contributed by atoms with Crippen LogP contribution in [0.1, 0.15) is 42.1 Å². The van der Waals surface area contributed by atoms with E-state index in [1.165, 1.54) is 19.3 Å². The van der Waals surface area contributed by atoms with Gasteiger partial charge in [0.05, 0.1) is 0 Å². The molecule has 1 amide bonds. The Bertz CT molecular complexity index is 440. The molecule has 0 spiro atoms. The zero-order valence-corrected chi connectivity index (χ0v) is 12.0. The lowest BCUT2D eigenvalue weighted by molar-refractivity contribution is 0.0705. The van der Waals surface area contributed by atoms with Gasteiger partial charge in [-0.1, -0.05) is 12.5 Å². The summed E-state index contributed by atoms with van der Waals surface area (Å²) in [6.07, 6.45) is 3.87. The van der Waals surface area contributed by atoms with Crippen molar-refractivity contribution in [2.24, 2.45) is 5.92 Å². The first-order valence-electron chi connectivity index (χ1n) is 6.70. The maximum absolute atomic E-state index is 12.5. The minimum Gasteiger partial charge on any atom is -0.339 e. The Balaban J connectivity index is 2.14. The molecule has 1 aromatic rings. The first-order chi connectivity index (χ1) is 8.61. The van der Waals surface area contributed by atoms with Crippen LogP contribution in [0.2, 0.25) is 0 Å². The molecule has 0 aliphatic heterocycles. The van der Waals surface area contributed by atoms with Gasteiger partial charge < -0.3 is 4.90 Å². The van der Waals surface area contributed by atoms with E-state index in [4.69, 9.17) is 0 Å². The molecule has 0 heterocycles. The lowest BCUT2D eigenvalue weighted by Crippen LogP contribution is -2.37. The van der Waals surface area contributed by atoms with Gasteiger partial charge in [-0.2, -0.15) is 0 Å². The number of nitrogens with zero attached hydrogens (tertiary/aromatic N) is 1. The molecule has 1 aliphatic carbocycles. The van der Waals surface area contributed by atoms with Crippen molar-refractivity contribution in [3.05, 3.63) is 29.3 Å². The monoisotopic (exact) mass is 263 g/mol. The number of carbonyl (C=O) groups is 1. The quantitative estimate of drug-likeness (QED) is 0.824. The van der Waals surface area contributed by atoms with Crippen LogP contribution in [-0.2, 0) is 0 Å². The van der Waals surface area contributed by atoms with Crippen molar-refractivity contribution in [2.75, 3.05) is 13.1 Å². The lowest BCUT2D eigenvalue weighted by Gasteiger charge is -2.32. The number of hydrogen-bond donors (Lipinski definition) is 1. The van der Waals surface area contributed by atoms with Crippen molar-refractivity contribution in [3.63, 3.8) is 0 Å². The van der Waals surface area contributed by atoms with Crippen LogP contribution >= 0.6 is 12.6 Å². The molecule has 1 aliphatic rings. The summed E-state index contributed by atoms with van der Waals surface area (Å²) in [6, 6.07) is 5.77. The van der Waals surface area contributed by atoms with Crippen LogP contribution in [0.25, 0.3) is 0 Å². The predicted octanol–water partition coefficient (Wildman–Crippen LogP) is 3.55. The summed E-state index contributed by atoms with van der Waals surface area (Å²) in [5, 5.41) is 0. The van der Waals surface area contributed by atoms with E-state index in [9.17, 15) is 4.79 Å². The Morgan fingerprint density at radius 2 is 2.17 bits per heavy atom. The van der Waals surface area contributed by atoms with Crippen molar-refractivity contribution < 1.29 is 4.79 Å². The van der Waals surface area contributed by atoms with Crippen LogP contribution in [-0.4, -0.2) is 23.9 Å². The minimum absolute atomic E-state index is 0.151. The molecule has 98 valence electrons. The third-order valence-corrected chi connectivity index (χ3v) is 4.10. The number of rotatable bonds is 4. The second kappa shape index (κ2) is 5.79. The van der Waals surface area contributed by atoms with Gasteiger partial charge in [-0.3, -0.25) is 4.79 Å². The van der Waals surface area contributed by atoms with E-state index in [1.807, 2.05) is 30.0 Å². The van der Waals surface area contributed by atoms with Gasteiger partial charge in [0, 0.05) is 23.5 Å². The van der Waals surface area contributed by atoms with E-state index in [1.54, 1.807) is 0 Å².